The van der Waals surface area contributed by atoms with Crippen LogP contribution in [0.15, 0.2) is 12.4 Å². The molecule has 0 bridgehead atoms. The fourth-order valence-electron chi connectivity index (χ4n) is 0.913. The van der Waals surface area contributed by atoms with Crippen LogP contribution in [0.2, 0.25) is 0 Å². The van der Waals surface area contributed by atoms with E-state index < -0.39 is 0 Å². The molecule has 1 rings (SSSR count). The van der Waals surface area contributed by atoms with Gasteiger partial charge in [-0.2, -0.15) is 0 Å². The van der Waals surface area contributed by atoms with Crippen molar-refractivity contribution in [3.63, 3.8) is 0 Å². The van der Waals surface area contributed by atoms with Gasteiger partial charge in [0.1, 0.15) is 0 Å². The van der Waals surface area contributed by atoms with Gasteiger partial charge in [-0.25, -0.2) is 0 Å². The fourth-order valence-corrected chi connectivity index (χ4v) is 0.913. The first-order valence-electron chi connectivity index (χ1n) is 3.45. The third-order valence-corrected chi connectivity index (χ3v) is 1.65. The number of hydrogen-bond acceptors (Lipinski definition) is 2. The van der Waals surface area contributed by atoms with E-state index in [4.69, 9.17) is 0 Å². The molecule has 0 aliphatic carbocycles. The molecule has 0 fully saturated rings. The summed E-state index contributed by atoms with van der Waals surface area (Å²) in [7, 11) is 0. The lowest BCUT2D eigenvalue weighted by Gasteiger charge is -2.24. The van der Waals surface area contributed by atoms with Crippen LogP contribution in [-0.2, 0) is 0 Å². The summed E-state index contributed by atoms with van der Waals surface area (Å²) in [6.45, 7) is 5.49. The van der Waals surface area contributed by atoms with Crippen molar-refractivity contribution in [3.8, 4) is 0 Å². The topological polar surface area (TPSA) is 24.1 Å². The van der Waals surface area contributed by atoms with Gasteiger partial charge in [0.15, 0.2) is 0 Å². The zero-order chi connectivity index (χ0) is 6.69. The van der Waals surface area contributed by atoms with E-state index in [2.05, 4.69) is 24.5 Å². The van der Waals surface area contributed by atoms with Crippen LogP contribution >= 0.6 is 0 Å². The Morgan fingerprint density at radius 2 is 2.22 bits per heavy atom. The minimum absolute atomic E-state index is 0.606. The summed E-state index contributed by atoms with van der Waals surface area (Å²) in [6.07, 6.45) is 3.91. The Hall–Kier alpha value is -0.660. The highest BCUT2D eigenvalue weighted by Crippen LogP contribution is 2.01. The summed E-state index contributed by atoms with van der Waals surface area (Å²) in [4.78, 5) is 0. The van der Waals surface area contributed by atoms with Crippen molar-refractivity contribution in [2.45, 2.75) is 19.9 Å². The van der Waals surface area contributed by atoms with Crippen molar-refractivity contribution in [2.75, 3.05) is 6.54 Å². The van der Waals surface area contributed by atoms with Gasteiger partial charge in [-0.15, -0.1) is 0 Å². The average molecular weight is 126 g/mol. The van der Waals surface area contributed by atoms with Gasteiger partial charge < -0.3 is 10.6 Å². The summed E-state index contributed by atoms with van der Waals surface area (Å²) in [5.41, 5.74) is 0. The molecule has 2 heteroatoms. The molecule has 0 radical (unpaired) electrons. The Balaban J connectivity index is 2.35. The monoisotopic (exact) mass is 126 g/mol. The molecule has 1 heterocycles. The zero-order valence-corrected chi connectivity index (χ0v) is 6.02. The molecule has 0 spiro atoms. The lowest BCUT2D eigenvalue weighted by atomic mass is 10.0. The summed E-state index contributed by atoms with van der Waals surface area (Å²) in [5, 5.41) is 6.45. The van der Waals surface area contributed by atoms with Crippen LogP contribution in [0, 0.1) is 5.92 Å². The molecule has 2 N–H and O–H groups in total. The third kappa shape index (κ3) is 1.63. The minimum atomic E-state index is 0.606. The fraction of sp³-hybridized carbons (Fsp3) is 0.714. The molecule has 1 aliphatic heterocycles. The van der Waals surface area contributed by atoms with E-state index in [-0.39, 0.29) is 0 Å². The second kappa shape index (κ2) is 2.76. The molecule has 52 valence electrons. The molecule has 0 saturated carbocycles. The van der Waals surface area contributed by atoms with Crippen LogP contribution in [0.3, 0.4) is 0 Å². The largest absolute Gasteiger partial charge is 0.388 e. The van der Waals surface area contributed by atoms with Crippen LogP contribution in [0.4, 0.5) is 0 Å². The molecule has 1 unspecified atom stereocenters. The lowest BCUT2D eigenvalue weighted by molar-refractivity contribution is 0.417. The SMILES string of the molecule is CC(C)C1CNC=CN1. The van der Waals surface area contributed by atoms with E-state index in [1.165, 1.54) is 0 Å². The van der Waals surface area contributed by atoms with E-state index in [1.54, 1.807) is 0 Å². The van der Waals surface area contributed by atoms with Crippen LogP contribution in [0.5, 0.6) is 0 Å². The Labute approximate surface area is 56.3 Å². The second-order valence-electron chi connectivity index (χ2n) is 2.76. The predicted molar refractivity (Wildman–Crippen MR) is 38.9 cm³/mol. The van der Waals surface area contributed by atoms with Crippen molar-refractivity contribution in [2.24, 2.45) is 5.92 Å². The molecule has 0 aromatic heterocycles. The molecule has 0 aromatic carbocycles. The van der Waals surface area contributed by atoms with Crippen molar-refractivity contribution < 1.29 is 0 Å². The van der Waals surface area contributed by atoms with Gasteiger partial charge in [-0.3, -0.25) is 0 Å². The first-order chi connectivity index (χ1) is 4.30. The van der Waals surface area contributed by atoms with Crippen LogP contribution in [0.1, 0.15) is 13.8 Å². The highest BCUT2D eigenvalue weighted by atomic mass is 15.0. The van der Waals surface area contributed by atoms with Crippen LogP contribution < -0.4 is 10.6 Å². The molecular formula is C7H14N2. The molecule has 1 atom stereocenters. The van der Waals surface area contributed by atoms with Crippen LogP contribution in [0.25, 0.3) is 0 Å². The molecule has 0 saturated heterocycles. The molecule has 0 aromatic rings. The smallest absolute Gasteiger partial charge is 0.0451 e. The molecule has 2 nitrogen and oxygen atoms in total. The van der Waals surface area contributed by atoms with Gasteiger partial charge in [0.2, 0.25) is 0 Å². The van der Waals surface area contributed by atoms with E-state index in [1.807, 2.05) is 12.4 Å². The van der Waals surface area contributed by atoms with Crippen molar-refractivity contribution in [3.05, 3.63) is 12.4 Å². The third-order valence-electron chi connectivity index (χ3n) is 1.65. The maximum absolute atomic E-state index is 3.28. The Morgan fingerprint density at radius 1 is 1.44 bits per heavy atom. The highest BCUT2D eigenvalue weighted by Gasteiger charge is 2.11. The average Bonchev–Trinajstić information content (AvgIpc) is 1.90. The summed E-state index contributed by atoms with van der Waals surface area (Å²) in [5.74, 6) is 0.711. The maximum Gasteiger partial charge on any atom is 0.0451 e. The van der Waals surface area contributed by atoms with Gasteiger partial charge >= 0.3 is 0 Å². The van der Waals surface area contributed by atoms with Gasteiger partial charge in [-0.1, -0.05) is 13.8 Å². The molecule has 1 aliphatic rings. The van der Waals surface area contributed by atoms with Crippen LogP contribution in [-0.4, -0.2) is 12.6 Å². The number of hydrogen-bond donors (Lipinski definition) is 2. The summed E-state index contributed by atoms with van der Waals surface area (Å²) >= 11 is 0. The quantitative estimate of drug-likeness (QED) is 0.539. The zero-order valence-electron chi connectivity index (χ0n) is 6.02. The predicted octanol–water partition coefficient (Wildman–Crippen LogP) is 0.675. The number of nitrogens with one attached hydrogen (secondary N) is 2. The first kappa shape index (κ1) is 6.46. The van der Waals surface area contributed by atoms with E-state index >= 15 is 0 Å². The van der Waals surface area contributed by atoms with E-state index in [9.17, 15) is 0 Å². The van der Waals surface area contributed by atoms with Crippen molar-refractivity contribution in [1.82, 2.24) is 10.6 Å². The molecule has 0 amide bonds. The van der Waals surface area contributed by atoms with Gasteiger partial charge in [-0.05, 0) is 5.92 Å². The Kier molecular flexibility index (Phi) is 1.98. The van der Waals surface area contributed by atoms with Crippen molar-refractivity contribution >= 4 is 0 Å². The summed E-state index contributed by atoms with van der Waals surface area (Å²) in [6, 6.07) is 0.606. The van der Waals surface area contributed by atoms with Crippen molar-refractivity contribution in [1.29, 1.82) is 0 Å². The Bertz CT molecular complexity index is 107. The standard InChI is InChI=1S/C7H14N2/c1-6(2)7-5-8-3-4-9-7/h3-4,6-9H,5H2,1-2H3. The molecular weight excluding hydrogens is 112 g/mol. The highest BCUT2D eigenvalue weighted by molar-refractivity contribution is 4.90. The van der Waals surface area contributed by atoms with Gasteiger partial charge in [0.05, 0.1) is 0 Å². The van der Waals surface area contributed by atoms with E-state index in [0.717, 1.165) is 6.54 Å². The van der Waals surface area contributed by atoms with Gasteiger partial charge in [0, 0.05) is 25.0 Å². The first-order valence-corrected chi connectivity index (χ1v) is 3.45. The minimum Gasteiger partial charge on any atom is -0.388 e. The Morgan fingerprint density at radius 3 is 2.56 bits per heavy atom. The van der Waals surface area contributed by atoms with E-state index in [0.29, 0.717) is 12.0 Å². The normalized spacial score (nSPS) is 25.4. The second-order valence-corrected chi connectivity index (χ2v) is 2.76. The lowest BCUT2D eigenvalue weighted by Crippen LogP contribution is -2.41. The number of rotatable bonds is 1. The van der Waals surface area contributed by atoms with Gasteiger partial charge in [0.25, 0.3) is 0 Å². The summed E-state index contributed by atoms with van der Waals surface area (Å²) < 4.78 is 0. The maximum atomic E-state index is 3.28. The molecule has 9 heavy (non-hydrogen) atoms.